The molecule has 0 unspecified atom stereocenters. The van der Waals surface area contributed by atoms with E-state index in [1.165, 1.54) is 0 Å². The van der Waals surface area contributed by atoms with E-state index < -0.39 is 0 Å². The summed E-state index contributed by atoms with van der Waals surface area (Å²) in [5.74, 6) is 2.38. The van der Waals surface area contributed by atoms with E-state index in [2.05, 4.69) is 20.1 Å². The van der Waals surface area contributed by atoms with Crippen LogP contribution in [0.4, 0.5) is 0 Å². The van der Waals surface area contributed by atoms with E-state index in [0.29, 0.717) is 11.8 Å². The van der Waals surface area contributed by atoms with Gasteiger partial charge in [0.05, 0.1) is 12.2 Å². The first-order chi connectivity index (χ1) is 14.2. The van der Waals surface area contributed by atoms with Crippen LogP contribution in [0.5, 0.6) is 0 Å². The van der Waals surface area contributed by atoms with E-state index in [1.54, 1.807) is 10.7 Å². The van der Waals surface area contributed by atoms with Crippen molar-refractivity contribution in [3.8, 4) is 0 Å². The maximum atomic E-state index is 12.3. The first-order valence-electron chi connectivity index (χ1n) is 11.0. The normalized spacial score (nSPS) is 21.5. The number of likely N-dealkylation sites (tertiary alicyclic amines) is 1. The highest BCUT2D eigenvalue weighted by Gasteiger charge is 2.25. The molecule has 0 N–H and O–H groups in total. The molecule has 29 heavy (non-hydrogen) atoms. The molecular formula is C21H29N5O3. The van der Waals surface area contributed by atoms with Crippen molar-refractivity contribution in [1.29, 1.82) is 0 Å². The summed E-state index contributed by atoms with van der Waals surface area (Å²) in [6.07, 6.45) is 7.19. The van der Waals surface area contributed by atoms with Crippen LogP contribution in [0.3, 0.4) is 0 Å². The molecule has 156 valence electrons. The molecule has 8 heteroatoms. The fourth-order valence-corrected chi connectivity index (χ4v) is 4.78. The average Bonchev–Trinajstić information content (AvgIpc) is 3.40. The van der Waals surface area contributed by atoms with Gasteiger partial charge in [0.15, 0.2) is 5.82 Å². The predicted molar refractivity (Wildman–Crippen MR) is 106 cm³/mol. The largest absolute Gasteiger partial charge is 0.381 e. The van der Waals surface area contributed by atoms with Crippen molar-refractivity contribution in [2.24, 2.45) is 5.92 Å². The molecule has 1 aliphatic carbocycles. The van der Waals surface area contributed by atoms with Gasteiger partial charge in [0.1, 0.15) is 0 Å². The molecule has 0 spiro atoms. The number of aromatic nitrogens is 4. The van der Waals surface area contributed by atoms with Gasteiger partial charge in [-0.05, 0) is 69.5 Å². The van der Waals surface area contributed by atoms with Gasteiger partial charge in [-0.25, -0.2) is 4.68 Å². The van der Waals surface area contributed by atoms with Crippen LogP contribution in [0.15, 0.2) is 15.4 Å². The van der Waals surface area contributed by atoms with E-state index in [-0.39, 0.29) is 5.56 Å². The molecule has 2 fully saturated rings. The number of hydrogen-bond acceptors (Lipinski definition) is 7. The van der Waals surface area contributed by atoms with Crippen LogP contribution in [0, 0.1) is 5.92 Å². The molecule has 0 amide bonds. The third-order valence-corrected chi connectivity index (χ3v) is 6.58. The third kappa shape index (κ3) is 4.28. The van der Waals surface area contributed by atoms with Crippen molar-refractivity contribution in [2.45, 2.75) is 64.0 Å². The van der Waals surface area contributed by atoms with Crippen LogP contribution in [-0.2, 0) is 30.7 Å². The Labute approximate surface area is 170 Å². The lowest BCUT2D eigenvalue weighted by atomic mass is 9.97. The number of nitrogens with zero attached hydrogens (tertiary/aromatic N) is 5. The van der Waals surface area contributed by atoms with Gasteiger partial charge in [-0.15, -0.1) is 0 Å². The van der Waals surface area contributed by atoms with Crippen LogP contribution >= 0.6 is 0 Å². The minimum atomic E-state index is 0.0560. The molecule has 2 aromatic heterocycles. The van der Waals surface area contributed by atoms with Gasteiger partial charge in [-0.1, -0.05) is 5.16 Å². The molecule has 0 bridgehead atoms. The molecule has 2 aromatic rings. The molecule has 8 nitrogen and oxygen atoms in total. The van der Waals surface area contributed by atoms with E-state index in [0.717, 1.165) is 107 Å². The Kier molecular flexibility index (Phi) is 5.46. The zero-order chi connectivity index (χ0) is 19.6. The lowest BCUT2D eigenvalue weighted by Gasteiger charge is -2.31. The highest BCUT2D eigenvalue weighted by Crippen LogP contribution is 2.26. The fraction of sp³-hybridized carbons (Fsp3) is 0.714. The summed E-state index contributed by atoms with van der Waals surface area (Å²) < 4.78 is 12.6. The highest BCUT2D eigenvalue weighted by atomic mass is 16.5. The summed E-state index contributed by atoms with van der Waals surface area (Å²) in [5.41, 5.74) is 2.33. The standard InChI is InChI=1S/C21H29N5O3/c27-20-12-17-2-1-3-18(17)23-26(20)13-15-4-8-25(9-5-15)14-19-22-21(29-24-19)16-6-10-28-11-7-16/h12,15-16H,1-11,13-14H2. The van der Waals surface area contributed by atoms with Crippen molar-refractivity contribution in [3.05, 3.63) is 39.4 Å². The average molecular weight is 399 g/mol. The van der Waals surface area contributed by atoms with Gasteiger partial charge >= 0.3 is 0 Å². The highest BCUT2D eigenvalue weighted by molar-refractivity contribution is 5.22. The molecule has 0 radical (unpaired) electrons. The van der Waals surface area contributed by atoms with E-state index >= 15 is 0 Å². The van der Waals surface area contributed by atoms with Crippen LogP contribution in [0.1, 0.15) is 61.0 Å². The SMILES string of the molecule is O=c1cc2c(nn1CC1CCN(Cc3noc(C4CCOCC4)n3)CC1)CCC2. The van der Waals surface area contributed by atoms with E-state index in [1.807, 2.05) is 0 Å². The van der Waals surface area contributed by atoms with Crippen molar-refractivity contribution in [1.82, 2.24) is 24.8 Å². The van der Waals surface area contributed by atoms with Crippen LogP contribution in [-0.4, -0.2) is 51.1 Å². The third-order valence-electron chi connectivity index (χ3n) is 6.58. The fourth-order valence-electron chi connectivity index (χ4n) is 4.78. The summed E-state index contributed by atoms with van der Waals surface area (Å²) in [7, 11) is 0. The number of piperidine rings is 1. The molecule has 5 rings (SSSR count). The second kappa shape index (κ2) is 8.36. The molecule has 0 aromatic carbocycles. The zero-order valence-electron chi connectivity index (χ0n) is 16.9. The van der Waals surface area contributed by atoms with Gasteiger partial charge < -0.3 is 9.26 Å². The van der Waals surface area contributed by atoms with Crippen LogP contribution in [0.25, 0.3) is 0 Å². The summed E-state index contributed by atoms with van der Waals surface area (Å²) in [4.78, 5) is 19.4. The lowest BCUT2D eigenvalue weighted by molar-refractivity contribution is 0.0778. The van der Waals surface area contributed by atoms with Gasteiger partial charge in [-0.3, -0.25) is 9.69 Å². The van der Waals surface area contributed by atoms with Crippen molar-refractivity contribution in [2.75, 3.05) is 26.3 Å². The van der Waals surface area contributed by atoms with E-state index in [9.17, 15) is 4.79 Å². The summed E-state index contributed by atoms with van der Waals surface area (Å²) in [6, 6.07) is 1.80. The van der Waals surface area contributed by atoms with Crippen molar-refractivity contribution in [3.63, 3.8) is 0 Å². The Morgan fingerprint density at radius 3 is 2.76 bits per heavy atom. The molecular weight excluding hydrogens is 370 g/mol. The lowest BCUT2D eigenvalue weighted by Crippen LogP contribution is -2.36. The first-order valence-corrected chi connectivity index (χ1v) is 11.0. The maximum Gasteiger partial charge on any atom is 0.267 e. The van der Waals surface area contributed by atoms with Crippen LogP contribution < -0.4 is 5.56 Å². The van der Waals surface area contributed by atoms with Gasteiger partial charge in [0.2, 0.25) is 5.89 Å². The Morgan fingerprint density at radius 2 is 1.93 bits per heavy atom. The molecule has 0 atom stereocenters. The van der Waals surface area contributed by atoms with Crippen LogP contribution in [0.2, 0.25) is 0 Å². The molecule has 0 saturated carbocycles. The number of rotatable bonds is 5. The second-order valence-corrected chi connectivity index (χ2v) is 8.65. The number of ether oxygens (including phenoxy) is 1. The zero-order valence-corrected chi connectivity index (χ0v) is 16.9. The predicted octanol–water partition coefficient (Wildman–Crippen LogP) is 1.92. The summed E-state index contributed by atoms with van der Waals surface area (Å²) in [5, 5.41) is 8.82. The Bertz CT molecular complexity index is 894. The molecule has 4 heterocycles. The smallest absolute Gasteiger partial charge is 0.267 e. The molecule has 3 aliphatic rings. The van der Waals surface area contributed by atoms with Crippen molar-refractivity contribution < 1.29 is 9.26 Å². The molecule has 2 saturated heterocycles. The second-order valence-electron chi connectivity index (χ2n) is 8.65. The quantitative estimate of drug-likeness (QED) is 0.759. The summed E-state index contributed by atoms with van der Waals surface area (Å²) in [6.45, 7) is 5.00. The maximum absolute atomic E-state index is 12.3. The first kappa shape index (κ1) is 18.9. The Hall–Kier alpha value is -2.06. The van der Waals surface area contributed by atoms with Gasteiger partial charge in [0, 0.05) is 31.7 Å². The number of hydrogen-bond donors (Lipinski definition) is 0. The topological polar surface area (TPSA) is 86.3 Å². The Balaban J connectivity index is 1.13. The minimum absolute atomic E-state index is 0.0560. The molecule has 2 aliphatic heterocycles. The van der Waals surface area contributed by atoms with Gasteiger partial charge in [0.25, 0.3) is 5.56 Å². The monoisotopic (exact) mass is 399 g/mol. The van der Waals surface area contributed by atoms with Gasteiger partial charge in [-0.2, -0.15) is 10.1 Å². The summed E-state index contributed by atoms with van der Waals surface area (Å²) >= 11 is 0. The Morgan fingerprint density at radius 1 is 1.10 bits per heavy atom. The minimum Gasteiger partial charge on any atom is -0.381 e. The van der Waals surface area contributed by atoms with E-state index in [4.69, 9.17) is 9.26 Å². The number of aryl methyl sites for hydroxylation is 2. The number of fused-ring (bicyclic) bond motifs is 1. The van der Waals surface area contributed by atoms with Crippen molar-refractivity contribution >= 4 is 0 Å².